The van der Waals surface area contributed by atoms with Crippen LogP contribution in [-0.2, 0) is 16.4 Å². The zero-order chi connectivity index (χ0) is 21.6. The molecule has 1 aliphatic rings. The number of anilines is 1. The van der Waals surface area contributed by atoms with Gasteiger partial charge < -0.3 is 15.4 Å². The van der Waals surface area contributed by atoms with Crippen LogP contribution in [0.3, 0.4) is 0 Å². The van der Waals surface area contributed by atoms with Crippen LogP contribution in [0.15, 0.2) is 53.4 Å². The van der Waals surface area contributed by atoms with Gasteiger partial charge in [0.25, 0.3) is 0 Å². The van der Waals surface area contributed by atoms with Gasteiger partial charge >= 0.3 is 0 Å². The highest BCUT2D eigenvalue weighted by Gasteiger charge is 2.28. The molecule has 162 valence electrons. The third kappa shape index (κ3) is 5.71. The van der Waals surface area contributed by atoms with Gasteiger partial charge in [-0.25, -0.2) is 8.42 Å². The molecule has 0 spiro atoms. The standard InChI is InChI=1S/C22H29N3O3S2/c1-17(10-11-18-8-4-3-5-9-18)23-22(29)24-20-16-19(12-13-21(20)28-2)30(26,27)25-14-6-7-15-25/h3-5,8-9,12-13,16-17H,6-7,10-11,14-15H2,1-2H3,(H2,23,24,29)/t17-/m1/s1. The van der Waals surface area contributed by atoms with Crippen LogP contribution >= 0.6 is 12.2 Å². The van der Waals surface area contributed by atoms with Crippen LogP contribution in [0, 0.1) is 0 Å². The summed E-state index contributed by atoms with van der Waals surface area (Å²) in [6.45, 7) is 3.20. The van der Waals surface area contributed by atoms with E-state index < -0.39 is 10.0 Å². The van der Waals surface area contributed by atoms with Crippen molar-refractivity contribution in [3.8, 4) is 5.75 Å². The topological polar surface area (TPSA) is 70.7 Å². The highest BCUT2D eigenvalue weighted by atomic mass is 32.2. The van der Waals surface area contributed by atoms with E-state index in [-0.39, 0.29) is 10.9 Å². The highest BCUT2D eigenvalue weighted by Crippen LogP contribution is 2.30. The van der Waals surface area contributed by atoms with Gasteiger partial charge in [-0.2, -0.15) is 4.31 Å². The molecule has 8 heteroatoms. The number of nitrogens with zero attached hydrogens (tertiary/aromatic N) is 1. The second-order valence-corrected chi connectivity index (χ2v) is 9.84. The molecule has 1 aliphatic heterocycles. The van der Waals surface area contributed by atoms with Crippen molar-refractivity contribution in [1.29, 1.82) is 0 Å². The van der Waals surface area contributed by atoms with Crippen molar-refractivity contribution in [1.82, 2.24) is 9.62 Å². The first-order valence-corrected chi connectivity index (χ1v) is 12.0. The summed E-state index contributed by atoms with van der Waals surface area (Å²) in [6.07, 6.45) is 3.67. The average Bonchev–Trinajstić information content (AvgIpc) is 3.29. The molecule has 0 unspecified atom stereocenters. The summed E-state index contributed by atoms with van der Waals surface area (Å²) in [6, 6.07) is 15.3. The molecule has 0 radical (unpaired) electrons. The lowest BCUT2D eigenvalue weighted by Gasteiger charge is -2.20. The van der Waals surface area contributed by atoms with E-state index in [2.05, 4.69) is 29.7 Å². The van der Waals surface area contributed by atoms with Gasteiger partial charge in [-0.15, -0.1) is 0 Å². The Morgan fingerprint density at radius 3 is 2.53 bits per heavy atom. The van der Waals surface area contributed by atoms with Crippen LogP contribution in [-0.4, -0.2) is 44.1 Å². The number of hydrogen-bond donors (Lipinski definition) is 2. The molecule has 2 aromatic carbocycles. The molecule has 0 amide bonds. The fraction of sp³-hybridized carbons (Fsp3) is 0.409. The zero-order valence-electron chi connectivity index (χ0n) is 17.4. The van der Waals surface area contributed by atoms with Crippen molar-refractivity contribution < 1.29 is 13.2 Å². The fourth-order valence-corrected chi connectivity index (χ4v) is 5.36. The summed E-state index contributed by atoms with van der Waals surface area (Å²) >= 11 is 5.46. The van der Waals surface area contributed by atoms with Crippen LogP contribution in [0.4, 0.5) is 5.69 Å². The van der Waals surface area contributed by atoms with Gasteiger partial charge in [0.1, 0.15) is 5.75 Å². The van der Waals surface area contributed by atoms with Crippen LogP contribution in [0.2, 0.25) is 0 Å². The van der Waals surface area contributed by atoms with Crippen molar-refractivity contribution in [2.24, 2.45) is 0 Å². The molecule has 1 saturated heterocycles. The minimum absolute atomic E-state index is 0.160. The summed E-state index contributed by atoms with van der Waals surface area (Å²) in [7, 11) is -1.96. The van der Waals surface area contributed by atoms with Gasteiger partial charge in [-0.3, -0.25) is 0 Å². The van der Waals surface area contributed by atoms with Gasteiger partial charge in [0.2, 0.25) is 10.0 Å². The molecule has 0 bridgehead atoms. The molecule has 30 heavy (non-hydrogen) atoms. The number of benzene rings is 2. The maximum absolute atomic E-state index is 12.9. The first-order chi connectivity index (χ1) is 14.4. The average molecular weight is 448 g/mol. The van der Waals surface area contributed by atoms with E-state index in [1.807, 2.05) is 18.2 Å². The van der Waals surface area contributed by atoms with Crippen molar-refractivity contribution in [2.75, 3.05) is 25.5 Å². The second kappa shape index (κ2) is 10.2. The highest BCUT2D eigenvalue weighted by molar-refractivity contribution is 7.89. The van der Waals surface area contributed by atoms with Crippen molar-refractivity contribution in [3.05, 3.63) is 54.1 Å². The number of ether oxygens (including phenoxy) is 1. The Bertz CT molecular complexity index is 959. The molecule has 6 nitrogen and oxygen atoms in total. The SMILES string of the molecule is COc1ccc(S(=O)(=O)N2CCCC2)cc1NC(=S)N[C@H](C)CCc1ccccc1. The lowest BCUT2D eigenvalue weighted by molar-refractivity contribution is 0.416. The van der Waals surface area contributed by atoms with E-state index in [1.54, 1.807) is 25.3 Å². The molecule has 0 saturated carbocycles. The Balaban J connectivity index is 1.64. The predicted octanol–water partition coefficient (Wildman–Crippen LogP) is 3.79. The molecule has 3 rings (SSSR count). The lowest BCUT2D eigenvalue weighted by Crippen LogP contribution is -2.36. The third-order valence-corrected chi connectivity index (χ3v) is 7.32. The molecule has 2 aromatic rings. The van der Waals surface area contributed by atoms with Gasteiger partial charge in [0.15, 0.2) is 5.11 Å². The van der Waals surface area contributed by atoms with Gasteiger partial charge in [0, 0.05) is 19.1 Å². The second-order valence-electron chi connectivity index (χ2n) is 7.50. The van der Waals surface area contributed by atoms with Crippen LogP contribution in [0.1, 0.15) is 31.7 Å². The lowest BCUT2D eigenvalue weighted by atomic mass is 10.1. The van der Waals surface area contributed by atoms with E-state index in [0.717, 1.165) is 25.7 Å². The van der Waals surface area contributed by atoms with Gasteiger partial charge in [-0.05, 0) is 68.6 Å². The molecule has 1 fully saturated rings. The summed E-state index contributed by atoms with van der Waals surface area (Å²) in [5.41, 5.74) is 1.82. The summed E-state index contributed by atoms with van der Waals surface area (Å²) in [5.74, 6) is 0.538. The largest absolute Gasteiger partial charge is 0.495 e. The van der Waals surface area contributed by atoms with Crippen LogP contribution in [0.25, 0.3) is 0 Å². The minimum Gasteiger partial charge on any atom is -0.495 e. The van der Waals surface area contributed by atoms with E-state index in [4.69, 9.17) is 17.0 Å². The Hall–Kier alpha value is -2.16. The number of rotatable bonds is 8. The fourth-order valence-electron chi connectivity index (χ4n) is 3.50. The molecule has 2 N–H and O–H groups in total. The summed E-state index contributed by atoms with van der Waals surface area (Å²) < 4.78 is 32.7. The molecular formula is C22H29N3O3S2. The maximum Gasteiger partial charge on any atom is 0.243 e. The minimum atomic E-state index is -3.51. The monoisotopic (exact) mass is 447 g/mol. The smallest absolute Gasteiger partial charge is 0.243 e. The Kier molecular flexibility index (Phi) is 7.69. The number of aryl methyl sites for hydroxylation is 1. The predicted molar refractivity (Wildman–Crippen MR) is 125 cm³/mol. The molecule has 0 aliphatic carbocycles. The number of hydrogen-bond acceptors (Lipinski definition) is 4. The first-order valence-electron chi connectivity index (χ1n) is 10.2. The molecule has 0 aromatic heterocycles. The van der Waals surface area contributed by atoms with E-state index >= 15 is 0 Å². The van der Waals surface area contributed by atoms with E-state index in [1.165, 1.54) is 9.87 Å². The Morgan fingerprint density at radius 2 is 1.87 bits per heavy atom. The number of methoxy groups -OCH3 is 1. The van der Waals surface area contributed by atoms with Gasteiger partial charge in [-0.1, -0.05) is 30.3 Å². The van der Waals surface area contributed by atoms with Crippen molar-refractivity contribution >= 4 is 33.0 Å². The van der Waals surface area contributed by atoms with Crippen molar-refractivity contribution in [2.45, 2.75) is 43.5 Å². The Morgan fingerprint density at radius 1 is 1.17 bits per heavy atom. The Labute approximate surface area is 184 Å². The number of sulfonamides is 1. The van der Waals surface area contributed by atoms with Gasteiger partial charge in [0.05, 0.1) is 17.7 Å². The number of nitrogens with one attached hydrogen (secondary N) is 2. The summed E-state index contributed by atoms with van der Waals surface area (Å²) in [5, 5.41) is 6.81. The normalized spacial score (nSPS) is 15.5. The summed E-state index contributed by atoms with van der Waals surface area (Å²) in [4.78, 5) is 0.243. The van der Waals surface area contributed by atoms with Crippen LogP contribution < -0.4 is 15.4 Å². The quantitative estimate of drug-likeness (QED) is 0.600. The molecule has 1 heterocycles. The maximum atomic E-state index is 12.9. The molecular weight excluding hydrogens is 418 g/mol. The third-order valence-electron chi connectivity index (χ3n) is 5.21. The first kappa shape index (κ1) is 22.5. The van der Waals surface area contributed by atoms with E-state index in [0.29, 0.717) is 29.6 Å². The van der Waals surface area contributed by atoms with E-state index in [9.17, 15) is 8.42 Å². The number of thiocarbonyl (C=S) groups is 1. The molecule has 1 atom stereocenters. The van der Waals surface area contributed by atoms with Crippen LogP contribution in [0.5, 0.6) is 5.75 Å². The van der Waals surface area contributed by atoms with Crippen molar-refractivity contribution in [3.63, 3.8) is 0 Å². The zero-order valence-corrected chi connectivity index (χ0v) is 19.1.